The van der Waals surface area contributed by atoms with Gasteiger partial charge in [-0.2, -0.15) is 5.10 Å². The number of aryl methyl sites for hydroxylation is 1. The fourth-order valence-corrected chi connectivity index (χ4v) is 3.27. The van der Waals surface area contributed by atoms with Gasteiger partial charge < -0.3 is 10.2 Å². The second-order valence-corrected chi connectivity index (χ2v) is 7.25. The van der Waals surface area contributed by atoms with Crippen LogP contribution >= 0.6 is 11.6 Å². The summed E-state index contributed by atoms with van der Waals surface area (Å²) in [5.41, 5.74) is 1.67. The Hall–Kier alpha value is -1.33. The zero-order valence-electron chi connectivity index (χ0n) is 15.0. The number of likely N-dealkylation sites (tertiary alicyclic amines) is 1. The molecule has 1 aliphatic rings. The molecule has 2 rings (SSSR count). The highest BCUT2D eigenvalue weighted by Crippen LogP contribution is 2.22. The van der Waals surface area contributed by atoms with Crippen LogP contribution in [0.4, 0.5) is 0 Å². The number of hydrogen-bond donors (Lipinski definition) is 1. The normalized spacial score (nSPS) is 16.2. The molecule has 0 aromatic carbocycles. The number of nitrogens with one attached hydrogen (secondary N) is 1. The van der Waals surface area contributed by atoms with Crippen LogP contribution in [0, 0.1) is 12.8 Å². The van der Waals surface area contributed by atoms with Gasteiger partial charge in [0.05, 0.1) is 5.69 Å². The van der Waals surface area contributed by atoms with Crippen LogP contribution in [-0.4, -0.2) is 46.8 Å². The third kappa shape index (κ3) is 5.64. The van der Waals surface area contributed by atoms with Crippen molar-refractivity contribution in [1.29, 1.82) is 0 Å². The Labute approximate surface area is 150 Å². The van der Waals surface area contributed by atoms with Gasteiger partial charge in [-0.25, -0.2) is 0 Å². The van der Waals surface area contributed by atoms with Crippen molar-refractivity contribution in [2.75, 3.05) is 26.2 Å². The summed E-state index contributed by atoms with van der Waals surface area (Å²) in [7, 11) is 0. The van der Waals surface area contributed by atoms with Gasteiger partial charge >= 0.3 is 0 Å². The minimum Gasteiger partial charge on any atom is -0.351 e. The Bertz CT molecular complexity index is 574. The standard InChI is InChI=1S/C18H29ClN4O/c1-14(2)13-23-18(19)16(15(3)21-23)7-8-17(24)20-9-12-22-10-5-4-6-11-22/h7-8,14H,4-6,9-13H2,1-3H3,(H,20,24)/b8-7+. The van der Waals surface area contributed by atoms with Gasteiger partial charge in [0.2, 0.25) is 5.91 Å². The predicted molar refractivity (Wildman–Crippen MR) is 99.1 cm³/mol. The van der Waals surface area contributed by atoms with E-state index >= 15 is 0 Å². The zero-order chi connectivity index (χ0) is 17.5. The molecule has 0 atom stereocenters. The van der Waals surface area contributed by atoms with E-state index in [0.29, 0.717) is 17.6 Å². The molecular weight excluding hydrogens is 324 g/mol. The topological polar surface area (TPSA) is 50.2 Å². The number of amides is 1. The molecule has 1 aromatic heterocycles. The lowest BCUT2D eigenvalue weighted by atomic mass is 10.1. The minimum absolute atomic E-state index is 0.0842. The van der Waals surface area contributed by atoms with Crippen LogP contribution in [0.5, 0.6) is 0 Å². The predicted octanol–water partition coefficient (Wildman–Crippen LogP) is 3.12. The maximum absolute atomic E-state index is 12.0. The van der Waals surface area contributed by atoms with Gasteiger partial charge in [0.1, 0.15) is 5.15 Å². The average Bonchev–Trinajstić information content (AvgIpc) is 2.80. The summed E-state index contributed by atoms with van der Waals surface area (Å²) in [5, 5.41) is 7.98. The first-order valence-electron chi connectivity index (χ1n) is 8.88. The number of carbonyl (C=O) groups excluding carboxylic acids is 1. The first-order chi connectivity index (χ1) is 11.5. The lowest BCUT2D eigenvalue weighted by Gasteiger charge is -2.26. The summed E-state index contributed by atoms with van der Waals surface area (Å²) in [6.07, 6.45) is 7.18. The molecule has 24 heavy (non-hydrogen) atoms. The van der Waals surface area contributed by atoms with Crippen molar-refractivity contribution in [2.45, 2.75) is 46.6 Å². The number of hydrogen-bond acceptors (Lipinski definition) is 3. The van der Waals surface area contributed by atoms with Gasteiger partial charge in [-0.15, -0.1) is 0 Å². The highest BCUT2D eigenvalue weighted by molar-refractivity contribution is 6.31. The fraction of sp³-hybridized carbons (Fsp3) is 0.667. The monoisotopic (exact) mass is 352 g/mol. The Morgan fingerprint density at radius 1 is 1.33 bits per heavy atom. The molecule has 0 spiro atoms. The molecule has 6 heteroatoms. The number of aromatic nitrogens is 2. The minimum atomic E-state index is -0.0842. The summed E-state index contributed by atoms with van der Waals surface area (Å²) in [5.74, 6) is 0.385. The highest BCUT2D eigenvalue weighted by Gasteiger charge is 2.12. The van der Waals surface area contributed by atoms with E-state index in [2.05, 4.69) is 29.2 Å². The Balaban J connectivity index is 1.83. The lowest BCUT2D eigenvalue weighted by Crippen LogP contribution is -2.37. The molecule has 1 amide bonds. The van der Waals surface area contributed by atoms with Gasteiger partial charge in [-0.05, 0) is 44.8 Å². The van der Waals surface area contributed by atoms with E-state index in [4.69, 9.17) is 11.6 Å². The second-order valence-electron chi connectivity index (χ2n) is 6.89. The molecule has 134 valence electrons. The summed E-state index contributed by atoms with van der Waals surface area (Å²) >= 11 is 6.37. The van der Waals surface area contributed by atoms with Gasteiger partial charge in [-0.1, -0.05) is 31.9 Å². The van der Waals surface area contributed by atoms with Gasteiger partial charge in [0.25, 0.3) is 0 Å². The van der Waals surface area contributed by atoms with Crippen LogP contribution in [-0.2, 0) is 11.3 Å². The summed E-state index contributed by atoms with van der Waals surface area (Å²) < 4.78 is 1.80. The van der Waals surface area contributed by atoms with Crippen molar-refractivity contribution in [1.82, 2.24) is 20.0 Å². The highest BCUT2D eigenvalue weighted by atomic mass is 35.5. The maximum Gasteiger partial charge on any atom is 0.244 e. The van der Waals surface area contributed by atoms with Crippen molar-refractivity contribution >= 4 is 23.6 Å². The number of piperidine rings is 1. The van der Waals surface area contributed by atoms with Gasteiger partial charge in [-0.3, -0.25) is 9.48 Å². The fourth-order valence-electron chi connectivity index (χ4n) is 2.96. The van der Waals surface area contributed by atoms with E-state index < -0.39 is 0 Å². The van der Waals surface area contributed by atoms with Gasteiger partial charge in [0.15, 0.2) is 0 Å². The molecule has 1 fully saturated rings. The molecule has 1 saturated heterocycles. The summed E-state index contributed by atoms with van der Waals surface area (Å²) in [4.78, 5) is 14.4. The van der Waals surface area contributed by atoms with Crippen molar-refractivity contribution in [3.63, 3.8) is 0 Å². The first-order valence-corrected chi connectivity index (χ1v) is 9.26. The smallest absolute Gasteiger partial charge is 0.244 e. The lowest BCUT2D eigenvalue weighted by molar-refractivity contribution is -0.116. The number of rotatable bonds is 7. The quantitative estimate of drug-likeness (QED) is 0.767. The second kappa shape index (κ2) is 9.23. The maximum atomic E-state index is 12.0. The largest absolute Gasteiger partial charge is 0.351 e. The van der Waals surface area contributed by atoms with Crippen LogP contribution in [0.15, 0.2) is 6.08 Å². The molecular formula is C18H29ClN4O. The van der Waals surface area contributed by atoms with E-state index in [9.17, 15) is 4.79 Å². The molecule has 2 heterocycles. The van der Waals surface area contributed by atoms with E-state index in [-0.39, 0.29) is 5.91 Å². The Morgan fingerprint density at radius 2 is 2.04 bits per heavy atom. The van der Waals surface area contributed by atoms with Crippen LogP contribution in [0.3, 0.4) is 0 Å². The number of carbonyl (C=O) groups is 1. The first kappa shape index (κ1) is 19.0. The van der Waals surface area contributed by atoms with E-state index in [1.54, 1.807) is 16.8 Å². The molecule has 1 aliphatic heterocycles. The summed E-state index contributed by atoms with van der Waals surface area (Å²) in [6, 6.07) is 0. The molecule has 1 aromatic rings. The molecule has 0 saturated carbocycles. The molecule has 0 aliphatic carbocycles. The van der Waals surface area contributed by atoms with Gasteiger partial charge in [0, 0.05) is 31.3 Å². The van der Waals surface area contributed by atoms with Crippen molar-refractivity contribution in [2.24, 2.45) is 5.92 Å². The Morgan fingerprint density at radius 3 is 2.71 bits per heavy atom. The third-order valence-corrected chi connectivity index (χ3v) is 4.62. The van der Waals surface area contributed by atoms with Crippen LogP contribution in [0.2, 0.25) is 5.15 Å². The SMILES string of the molecule is Cc1nn(CC(C)C)c(Cl)c1/C=C/C(=O)NCCN1CCCCC1. The van der Waals surface area contributed by atoms with E-state index in [1.165, 1.54) is 19.3 Å². The third-order valence-electron chi connectivity index (χ3n) is 4.22. The molecule has 1 N–H and O–H groups in total. The van der Waals surface area contributed by atoms with E-state index in [1.807, 2.05) is 6.92 Å². The van der Waals surface area contributed by atoms with Crippen LogP contribution < -0.4 is 5.32 Å². The molecule has 0 unspecified atom stereocenters. The Kier molecular flexibility index (Phi) is 7.31. The average molecular weight is 353 g/mol. The van der Waals surface area contributed by atoms with Crippen molar-refractivity contribution in [3.8, 4) is 0 Å². The molecule has 0 radical (unpaired) electrons. The number of halogens is 1. The number of nitrogens with zero attached hydrogens (tertiary/aromatic N) is 3. The molecule has 5 nitrogen and oxygen atoms in total. The van der Waals surface area contributed by atoms with Crippen molar-refractivity contribution < 1.29 is 4.79 Å². The van der Waals surface area contributed by atoms with Crippen molar-refractivity contribution in [3.05, 3.63) is 22.5 Å². The summed E-state index contributed by atoms with van der Waals surface area (Å²) in [6.45, 7) is 10.8. The van der Waals surface area contributed by atoms with Crippen LogP contribution in [0.25, 0.3) is 6.08 Å². The zero-order valence-corrected chi connectivity index (χ0v) is 15.8. The van der Waals surface area contributed by atoms with E-state index in [0.717, 1.165) is 37.4 Å². The van der Waals surface area contributed by atoms with Crippen LogP contribution in [0.1, 0.15) is 44.4 Å². The molecule has 0 bridgehead atoms.